The van der Waals surface area contributed by atoms with Crippen LogP contribution in [0, 0.1) is 11.8 Å². The first-order valence-corrected chi connectivity index (χ1v) is 6.41. The average Bonchev–Trinajstić information content (AvgIpc) is 2.27. The van der Waals surface area contributed by atoms with Crippen molar-refractivity contribution in [3.8, 4) is 0 Å². The summed E-state index contributed by atoms with van der Waals surface area (Å²) in [4.78, 5) is 11.0. The van der Waals surface area contributed by atoms with Gasteiger partial charge in [0.1, 0.15) is 0 Å². The highest BCUT2D eigenvalue weighted by Crippen LogP contribution is 2.18. The molecule has 0 bridgehead atoms. The van der Waals surface area contributed by atoms with E-state index in [-0.39, 0.29) is 12.5 Å². The van der Waals surface area contributed by atoms with E-state index in [2.05, 4.69) is 19.2 Å². The Labute approximate surface area is 99.6 Å². The van der Waals surface area contributed by atoms with Crippen LogP contribution in [0.25, 0.3) is 0 Å². The SMILES string of the molecule is CNC(=O)CCCCC(CO)CCC(C)C. The molecule has 0 aromatic rings. The van der Waals surface area contributed by atoms with E-state index in [0.717, 1.165) is 25.7 Å². The first-order valence-electron chi connectivity index (χ1n) is 6.41. The van der Waals surface area contributed by atoms with Crippen LogP contribution in [0.2, 0.25) is 0 Å². The van der Waals surface area contributed by atoms with E-state index >= 15 is 0 Å². The molecule has 3 heteroatoms. The summed E-state index contributed by atoms with van der Waals surface area (Å²) in [6.45, 7) is 4.70. The van der Waals surface area contributed by atoms with Gasteiger partial charge in [0.25, 0.3) is 0 Å². The van der Waals surface area contributed by atoms with Crippen LogP contribution in [0.3, 0.4) is 0 Å². The molecule has 3 nitrogen and oxygen atoms in total. The van der Waals surface area contributed by atoms with Crippen molar-refractivity contribution in [2.24, 2.45) is 11.8 Å². The van der Waals surface area contributed by atoms with Gasteiger partial charge in [-0.25, -0.2) is 0 Å². The first-order chi connectivity index (χ1) is 7.60. The van der Waals surface area contributed by atoms with Crippen molar-refractivity contribution in [2.75, 3.05) is 13.7 Å². The maximum absolute atomic E-state index is 11.0. The molecule has 0 heterocycles. The monoisotopic (exact) mass is 229 g/mol. The molecule has 0 radical (unpaired) electrons. The Hall–Kier alpha value is -0.570. The molecule has 0 aliphatic heterocycles. The van der Waals surface area contributed by atoms with Crippen LogP contribution >= 0.6 is 0 Å². The fourth-order valence-corrected chi connectivity index (χ4v) is 1.74. The number of aliphatic hydroxyl groups excluding tert-OH is 1. The average molecular weight is 229 g/mol. The standard InChI is InChI=1S/C13H27NO2/c1-11(2)8-9-12(10-15)6-4-5-7-13(16)14-3/h11-12,15H,4-10H2,1-3H3,(H,14,16). The Bertz CT molecular complexity index is 181. The molecule has 0 rings (SSSR count). The number of hydrogen-bond donors (Lipinski definition) is 2. The molecule has 96 valence electrons. The molecule has 1 amide bonds. The van der Waals surface area contributed by atoms with E-state index in [9.17, 15) is 9.90 Å². The maximum Gasteiger partial charge on any atom is 0.219 e. The zero-order valence-corrected chi connectivity index (χ0v) is 11.0. The van der Waals surface area contributed by atoms with Crippen molar-refractivity contribution >= 4 is 5.91 Å². The number of aliphatic hydroxyl groups is 1. The van der Waals surface area contributed by atoms with Crippen LogP contribution in [0.1, 0.15) is 52.4 Å². The second-order valence-corrected chi connectivity index (χ2v) is 4.94. The number of amides is 1. The highest BCUT2D eigenvalue weighted by atomic mass is 16.3. The van der Waals surface area contributed by atoms with E-state index in [1.807, 2.05) is 0 Å². The van der Waals surface area contributed by atoms with Gasteiger partial charge in [-0.05, 0) is 31.1 Å². The van der Waals surface area contributed by atoms with Gasteiger partial charge >= 0.3 is 0 Å². The van der Waals surface area contributed by atoms with E-state index in [1.165, 1.54) is 6.42 Å². The summed E-state index contributed by atoms with van der Waals surface area (Å²) in [7, 11) is 1.67. The number of carbonyl (C=O) groups is 1. The summed E-state index contributed by atoms with van der Waals surface area (Å²) >= 11 is 0. The van der Waals surface area contributed by atoms with Gasteiger partial charge in [-0.15, -0.1) is 0 Å². The van der Waals surface area contributed by atoms with Crippen molar-refractivity contribution in [3.05, 3.63) is 0 Å². The predicted molar refractivity (Wildman–Crippen MR) is 67.2 cm³/mol. The lowest BCUT2D eigenvalue weighted by Gasteiger charge is -2.15. The van der Waals surface area contributed by atoms with Crippen LogP contribution < -0.4 is 5.32 Å². The van der Waals surface area contributed by atoms with Gasteiger partial charge in [0.15, 0.2) is 0 Å². The molecule has 0 saturated heterocycles. The van der Waals surface area contributed by atoms with Gasteiger partial charge in [-0.3, -0.25) is 4.79 Å². The summed E-state index contributed by atoms with van der Waals surface area (Å²) in [6, 6.07) is 0. The van der Waals surface area contributed by atoms with Gasteiger partial charge in [-0.2, -0.15) is 0 Å². The fourth-order valence-electron chi connectivity index (χ4n) is 1.74. The minimum absolute atomic E-state index is 0.114. The molecule has 0 aromatic heterocycles. The van der Waals surface area contributed by atoms with Crippen molar-refractivity contribution in [3.63, 3.8) is 0 Å². The summed E-state index contributed by atoms with van der Waals surface area (Å²) < 4.78 is 0. The quantitative estimate of drug-likeness (QED) is 0.596. The molecule has 0 aromatic carbocycles. The molecule has 0 spiro atoms. The molecule has 16 heavy (non-hydrogen) atoms. The van der Waals surface area contributed by atoms with Crippen LogP contribution in [0.4, 0.5) is 0 Å². The smallest absolute Gasteiger partial charge is 0.219 e. The fraction of sp³-hybridized carbons (Fsp3) is 0.923. The van der Waals surface area contributed by atoms with Crippen molar-refractivity contribution in [1.82, 2.24) is 5.32 Å². The van der Waals surface area contributed by atoms with Gasteiger partial charge in [0, 0.05) is 20.1 Å². The summed E-state index contributed by atoms with van der Waals surface area (Å²) in [5, 5.41) is 11.8. The summed E-state index contributed by atoms with van der Waals surface area (Å²) in [5.41, 5.74) is 0. The third-order valence-electron chi connectivity index (χ3n) is 2.96. The molecule has 0 aliphatic rings. The maximum atomic E-state index is 11.0. The number of nitrogens with one attached hydrogen (secondary N) is 1. The minimum atomic E-state index is 0.114. The normalized spacial score (nSPS) is 12.8. The Morgan fingerprint density at radius 2 is 1.88 bits per heavy atom. The highest BCUT2D eigenvalue weighted by Gasteiger charge is 2.08. The topological polar surface area (TPSA) is 49.3 Å². The second kappa shape index (κ2) is 9.64. The second-order valence-electron chi connectivity index (χ2n) is 4.94. The van der Waals surface area contributed by atoms with Gasteiger partial charge in [-0.1, -0.05) is 26.7 Å². The molecule has 0 fully saturated rings. The Morgan fingerprint density at radius 1 is 1.19 bits per heavy atom. The molecule has 1 unspecified atom stereocenters. The largest absolute Gasteiger partial charge is 0.396 e. The van der Waals surface area contributed by atoms with Crippen LogP contribution in [0.15, 0.2) is 0 Å². The lowest BCUT2D eigenvalue weighted by Crippen LogP contribution is -2.17. The van der Waals surface area contributed by atoms with Crippen molar-refractivity contribution < 1.29 is 9.90 Å². The Kier molecular flexibility index (Phi) is 9.30. The number of carbonyl (C=O) groups excluding carboxylic acids is 1. The third-order valence-corrected chi connectivity index (χ3v) is 2.96. The molecule has 1 atom stereocenters. The number of hydrogen-bond acceptors (Lipinski definition) is 2. The van der Waals surface area contributed by atoms with Crippen LogP contribution in [-0.2, 0) is 4.79 Å². The zero-order chi connectivity index (χ0) is 12.4. The number of rotatable bonds is 9. The first kappa shape index (κ1) is 15.4. The van der Waals surface area contributed by atoms with Gasteiger partial charge in [0.2, 0.25) is 5.91 Å². The van der Waals surface area contributed by atoms with Gasteiger partial charge < -0.3 is 10.4 Å². The minimum Gasteiger partial charge on any atom is -0.396 e. The van der Waals surface area contributed by atoms with E-state index in [0.29, 0.717) is 18.3 Å². The lowest BCUT2D eigenvalue weighted by molar-refractivity contribution is -0.120. The van der Waals surface area contributed by atoms with Crippen molar-refractivity contribution in [2.45, 2.75) is 52.4 Å². The van der Waals surface area contributed by atoms with E-state index < -0.39 is 0 Å². The molecule has 0 saturated carbocycles. The summed E-state index contributed by atoms with van der Waals surface area (Å²) in [6.07, 6.45) is 5.91. The summed E-state index contributed by atoms with van der Waals surface area (Å²) in [5.74, 6) is 1.25. The Morgan fingerprint density at radius 3 is 2.38 bits per heavy atom. The third kappa shape index (κ3) is 8.72. The van der Waals surface area contributed by atoms with Crippen LogP contribution in [0.5, 0.6) is 0 Å². The zero-order valence-electron chi connectivity index (χ0n) is 11.0. The van der Waals surface area contributed by atoms with Crippen molar-refractivity contribution in [1.29, 1.82) is 0 Å². The van der Waals surface area contributed by atoms with E-state index in [1.54, 1.807) is 7.05 Å². The predicted octanol–water partition coefficient (Wildman–Crippen LogP) is 2.34. The van der Waals surface area contributed by atoms with Crippen LogP contribution in [-0.4, -0.2) is 24.7 Å². The lowest BCUT2D eigenvalue weighted by atomic mass is 9.93. The highest BCUT2D eigenvalue weighted by molar-refractivity contribution is 5.75. The molecule has 2 N–H and O–H groups in total. The molecule has 0 aliphatic carbocycles. The molecular weight excluding hydrogens is 202 g/mol. The Balaban J connectivity index is 3.51. The number of unbranched alkanes of at least 4 members (excludes halogenated alkanes) is 1. The van der Waals surface area contributed by atoms with E-state index in [4.69, 9.17) is 0 Å². The molecular formula is C13H27NO2. The van der Waals surface area contributed by atoms with Gasteiger partial charge in [0.05, 0.1) is 0 Å².